The van der Waals surface area contributed by atoms with E-state index in [0.29, 0.717) is 32.2 Å². The van der Waals surface area contributed by atoms with Crippen molar-refractivity contribution in [2.45, 2.75) is 32.6 Å². The molecule has 5 nitrogen and oxygen atoms in total. The van der Waals surface area contributed by atoms with E-state index in [4.69, 9.17) is 12.2 Å². The van der Waals surface area contributed by atoms with E-state index in [1.807, 2.05) is 31.2 Å². The summed E-state index contributed by atoms with van der Waals surface area (Å²) in [6.45, 7) is 2.49. The largest absolute Gasteiger partial charge is 0.506 e. The lowest BCUT2D eigenvalue weighted by atomic mass is 10.1. The molecule has 168 valence electrons. The topological polar surface area (TPSA) is 69.6 Å². The molecule has 2 amide bonds. The van der Waals surface area contributed by atoms with Crippen molar-refractivity contribution in [1.82, 2.24) is 4.90 Å². The first kappa shape index (κ1) is 25.0. The third kappa shape index (κ3) is 6.66. The molecule has 1 saturated heterocycles. The number of nitrogens with zero attached hydrogens (tertiary/aromatic N) is 1. The van der Waals surface area contributed by atoms with E-state index in [9.17, 15) is 14.7 Å². The number of phenols is 1. The lowest BCUT2D eigenvalue weighted by molar-refractivity contribution is -0.122. The molecule has 0 aromatic heterocycles. The minimum absolute atomic E-state index is 0.0101. The van der Waals surface area contributed by atoms with Crippen LogP contribution in [0.5, 0.6) is 5.75 Å². The van der Waals surface area contributed by atoms with Gasteiger partial charge in [0.25, 0.3) is 5.91 Å². The van der Waals surface area contributed by atoms with Crippen molar-refractivity contribution >= 4 is 83.7 Å². The summed E-state index contributed by atoms with van der Waals surface area (Å²) in [5.74, 6) is -0.0979. The van der Waals surface area contributed by atoms with Crippen LogP contribution in [-0.4, -0.2) is 32.7 Å². The van der Waals surface area contributed by atoms with Gasteiger partial charge in [-0.15, -0.1) is 0 Å². The van der Waals surface area contributed by atoms with Crippen LogP contribution >= 0.6 is 55.8 Å². The average molecular weight is 598 g/mol. The summed E-state index contributed by atoms with van der Waals surface area (Å²) < 4.78 is 1.84. The summed E-state index contributed by atoms with van der Waals surface area (Å²) in [4.78, 5) is 27.0. The Morgan fingerprint density at radius 2 is 2.00 bits per heavy atom. The van der Waals surface area contributed by atoms with E-state index in [2.05, 4.69) is 37.2 Å². The number of carbonyl (C=O) groups excluding carboxylic acids is 2. The maximum Gasteiger partial charge on any atom is 0.266 e. The fraction of sp³-hybridized carbons (Fsp3) is 0.261. The van der Waals surface area contributed by atoms with E-state index >= 15 is 0 Å². The highest BCUT2D eigenvalue weighted by atomic mass is 79.9. The maximum absolute atomic E-state index is 12.8. The molecular formula is C23H22Br2N2O3S2. The predicted octanol–water partition coefficient (Wildman–Crippen LogP) is 6.63. The van der Waals surface area contributed by atoms with Gasteiger partial charge in [-0.25, -0.2) is 0 Å². The van der Waals surface area contributed by atoms with Crippen molar-refractivity contribution in [2.24, 2.45) is 0 Å². The van der Waals surface area contributed by atoms with Crippen LogP contribution in [0.3, 0.4) is 0 Å². The fourth-order valence-electron chi connectivity index (χ4n) is 3.21. The van der Waals surface area contributed by atoms with Crippen molar-refractivity contribution in [3.8, 4) is 5.75 Å². The van der Waals surface area contributed by atoms with E-state index in [1.54, 1.807) is 23.1 Å². The molecule has 1 aliphatic heterocycles. The van der Waals surface area contributed by atoms with Crippen LogP contribution < -0.4 is 5.32 Å². The van der Waals surface area contributed by atoms with E-state index in [1.165, 1.54) is 11.8 Å². The number of amides is 2. The number of unbranched alkanes of at least 4 members (excludes halogenated alkanes) is 2. The standard InChI is InChI=1S/C23H22Br2N2O3S2/c1-14-6-5-7-17(10-14)26-20(28)8-3-2-4-9-27-22(30)19(32-23(27)31)12-15-11-16(24)13-18(25)21(15)29/h5-7,10-13,29H,2-4,8-9H2,1H3,(H,26,28)/b19-12-. The minimum atomic E-state index is -0.160. The summed E-state index contributed by atoms with van der Waals surface area (Å²) in [6.07, 6.45) is 4.40. The van der Waals surface area contributed by atoms with Gasteiger partial charge in [0.05, 0.1) is 9.38 Å². The van der Waals surface area contributed by atoms with Gasteiger partial charge in [-0.3, -0.25) is 14.5 Å². The van der Waals surface area contributed by atoms with Gasteiger partial charge in [-0.05, 0) is 71.6 Å². The van der Waals surface area contributed by atoms with Crippen LogP contribution in [0.15, 0.2) is 50.2 Å². The van der Waals surface area contributed by atoms with Crippen molar-refractivity contribution in [2.75, 3.05) is 11.9 Å². The van der Waals surface area contributed by atoms with Crippen molar-refractivity contribution in [1.29, 1.82) is 0 Å². The number of aromatic hydroxyl groups is 1. The van der Waals surface area contributed by atoms with Gasteiger partial charge >= 0.3 is 0 Å². The molecule has 0 aliphatic carbocycles. The van der Waals surface area contributed by atoms with Crippen LogP contribution in [-0.2, 0) is 9.59 Å². The smallest absolute Gasteiger partial charge is 0.266 e. The number of thioether (sulfide) groups is 1. The second-order valence-corrected chi connectivity index (χ2v) is 10.8. The number of nitrogens with one attached hydrogen (secondary N) is 1. The Hall–Kier alpha value is -1.68. The van der Waals surface area contributed by atoms with Crippen LogP contribution in [0.4, 0.5) is 5.69 Å². The van der Waals surface area contributed by atoms with E-state index < -0.39 is 0 Å². The summed E-state index contributed by atoms with van der Waals surface area (Å²) in [5.41, 5.74) is 2.44. The second kappa shape index (κ2) is 11.4. The van der Waals surface area contributed by atoms with Crippen LogP contribution in [0.1, 0.15) is 36.8 Å². The Morgan fingerprint density at radius 1 is 1.22 bits per heavy atom. The van der Waals surface area contributed by atoms with Gasteiger partial charge in [0, 0.05) is 28.7 Å². The lowest BCUT2D eigenvalue weighted by Crippen LogP contribution is -2.29. The molecule has 1 heterocycles. The molecular weight excluding hydrogens is 576 g/mol. The highest BCUT2D eigenvalue weighted by Gasteiger charge is 2.31. The van der Waals surface area contributed by atoms with Crippen molar-refractivity contribution in [3.05, 3.63) is 61.4 Å². The number of aryl methyl sites for hydroxylation is 1. The normalized spacial score (nSPS) is 15.0. The molecule has 0 radical (unpaired) electrons. The first-order valence-corrected chi connectivity index (χ1v) is 12.9. The van der Waals surface area contributed by atoms with Gasteiger partial charge < -0.3 is 10.4 Å². The van der Waals surface area contributed by atoms with Crippen LogP contribution in [0, 0.1) is 6.92 Å². The molecule has 1 aliphatic rings. The fourth-order valence-corrected chi connectivity index (χ4v) is 5.77. The van der Waals surface area contributed by atoms with Gasteiger partial charge in [-0.2, -0.15) is 0 Å². The average Bonchev–Trinajstić information content (AvgIpc) is 2.98. The highest BCUT2D eigenvalue weighted by molar-refractivity contribution is 9.11. The summed E-state index contributed by atoms with van der Waals surface area (Å²) in [6, 6.07) is 11.2. The summed E-state index contributed by atoms with van der Waals surface area (Å²) in [7, 11) is 0. The second-order valence-electron chi connectivity index (χ2n) is 7.39. The molecule has 0 unspecified atom stereocenters. The molecule has 2 aromatic rings. The van der Waals surface area contributed by atoms with Crippen LogP contribution in [0.2, 0.25) is 0 Å². The number of thiocarbonyl (C=S) groups is 1. The Labute approximate surface area is 213 Å². The first-order valence-electron chi connectivity index (χ1n) is 10.0. The Bertz CT molecular complexity index is 1090. The van der Waals surface area contributed by atoms with Crippen molar-refractivity contribution < 1.29 is 14.7 Å². The number of halogens is 2. The molecule has 2 aromatic carbocycles. The quantitative estimate of drug-likeness (QED) is 0.203. The minimum Gasteiger partial charge on any atom is -0.506 e. The third-order valence-electron chi connectivity index (χ3n) is 4.81. The molecule has 0 saturated carbocycles. The number of carbonyl (C=O) groups is 2. The van der Waals surface area contributed by atoms with Gasteiger partial charge in [-0.1, -0.05) is 58.5 Å². The number of hydrogen-bond acceptors (Lipinski definition) is 5. The zero-order valence-corrected chi connectivity index (χ0v) is 22.2. The Kier molecular flexibility index (Phi) is 8.93. The zero-order valence-electron chi connectivity index (χ0n) is 17.4. The summed E-state index contributed by atoms with van der Waals surface area (Å²) in [5, 5.41) is 13.1. The molecule has 3 rings (SSSR count). The molecule has 32 heavy (non-hydrogen) atoms. The number of rotatable bonds is 8. The molecule has 1 fully saturated rings. The molecule has 0 spiro atoms. The van der Waals surface area contributed by atoms with Gasteiger partial charge in [0.2, 0.25) is 5.91 Å². The van der Waals surface area contributed by atoms with E-state index in [-0.39, 0.29) is 17.6 Å². The first-order chi connectivity index (χ1) is 15.2. The number of benzene rings is 2. The molecule has 0 bridgehead atoms. The van der Waals surface area contributed by atoms with Gasteiger partial charge in [0.15, 0.2) is 0 Å². The Morgan fingerprint density at radius 3 is 2.75 bits per heavy atom. The monoisotopic (exact) mass is 596 g/mol. The highest BCUT2D eigenvalue weighted by Crippen LogP contribution is 2.37. The number of hydrogen-bond donors (Lipinski definition) is 2. The number of anilines is 1. The lowest BCUT2D eigenvalue weighted by Gasteiger charge is -2.14. The Balaban J connectivity index is 1.47. The summed E-state index contributed by atoms with van der Waals surface area (Å²) >= 11 is 13.3. The number of phenolic OH excluding ortho intramolecular Hbond substituents is 1. The van der Waals surface area contributed by atoms with Crippen molar-refractivity contribution in [3.63, 3.8) is 0 Å². The van der Waals surface area contributed by atoms with E-state index in [0.717, 1.165) is 35.0 Å². The maximum atomic E-state index is 12.8. The third-order valence-corrected chi connectivity index (χ3v) is 7.25. The zero-order chi connectivity index (χ0) is 23.3. The molecule has 0 atom stereocenters. The predicted molar refractivity (Wildman–Crippen MR) is 142 cm³/mol. The van der Waals surface area contributed by atoms with Crippen LogP contribution in [0.25, 0.3) is 6.08 Å². The molecule has 2 N–H and O–H groups in total. The SMILES string of the molecule is Cc1cccc(NC(=O)CCCCCN2C(=O)/C(=C/c3cc(Br)cc(Br)c3O)SC2=S)c1. The molecule has 9 heteroatoms. The van der Waals surface area contributed by atoms with Gasteiger partial charge in [0.1, 0.15) is 10.1 Å².